The van der Waals surface area contributed by atoms with Crippen molar-refractivity contribution in [3.8, 4) is 0 Å². The van der Waals surface area contributed by atoms with Crippen LogP contribution < -0.4 is 5.32 Å². The van der Waals surface area contributed by atoms with E-state index in [0.29, 0.717) is 0 Å². The molecule has 1 N–H and O–H groups in total. The van der Waals surface area contributed by atoms with Gasteiger partial charge in [0.05, 0.1) is 0 Å². The predicted octanol–water partition coefficient (Wildman–Crippen LogP) is 2.88. The Bertz CT molecular complexity index is 357. The zero-order valence-corrected chi connectivity index (χ0v) is 12.1. The lowest BCUT2D eigenvalue weighted by Gasteiger charge is -2.30. The monoisotopic (exact) mass is 252 g/mol. The molecule has 0 saturated carbocycles. The van der Waals surface area contributed by atoms with Gasteiger partial charge in [-0.2, -0.15) is 0 Å². The average molecular weight is 252 g/mol. The van der Waals surface area contributed by atoms with Crippen LogP contribution in [0.1, 0.15) is 37.6 Å². The molecule has 0 amide bonds. The lowest BCUT2D eigenvalue weighted by atomic mass is 10.0. The van der Waals surface area contributed by atoms with Gasteiger partial charge in [0, 0.05) is 36.6 Å². The maximum Gasteiger partial charge on any atom is 0.0245 e. The van der Waals surface area contributed by atoms with Crippen molar-refractivity contribution in [1.82, 2.24) is 10.2 Å². The van der Waals surface area contributed by atoms with E-state index < -0.39 is 0 Å². The highest BCUT2D eigenvalue weighted by Crippen LogP contribution is 2.23. The molecule has 2 rings (SSSR count). The van der Waals surface area contributed by atoms with E-state index in [-0.39, 0.29) is 5.54 Å². The fourth-order valence-corrected chi connectivity index (χ4v) is 3.06. The molecule has 0 fully saturated rings. The van der Waals surface area contributed by atoms with Gasteiger partial charge in [-0.05, 0) is 43.7 Å². The summed E-state index contributed by atoms with van der Waals surface area (Å²) in [5, 5.41) is 5.86. The van der Waals surface area contributed by atoms with Crippen LogP contribution in [-0.2, 0) is 13.0 Å². The summed E-state index contributed by atoms with van der Waals surface area (Å²) in [6, 6.07) is 2.29. The standard InChI is InChI=1S/C14H24N2S/c1-4-14(2,3)15-7-9-16-8-5-13-12(11-16)6-10-17-13/h6,10,15H,4-5,7-9,11H2,1-3H3. The summed E-state index contributed by atoms with van der Waals surface area (Å²) in [4.78, 5) is 4.16. The van der Waals surface area contributed by atoms with Crippen LogP contribution in [-0.4, -0.2) is 30.1 Å². The van der Waals surface area contributed by atoms with Crippen molar-refractivity contribution >= 4 is 11.3 Å². The highest BCUT2D eigenvalue weighted by Gasteiger charge is 2.18. The third-order valence-electron chi connectivity index (χ3n) is 3.80. The normalized spacial score (nSPS) is 17.1. The maximum atomic E-state index is 3.63. The molecule has 0 atom stereocenters. The number of nitrogens with zero attached hydrogens (tertiary/aromatic N) is 1. The summed E-state index contributed by atoms with van der Waals surface area (Å²) in [5.74, 6) is 0. The number of nitrogens with one attached hydrogen (secondary N) is 1. The first-order valence-electron chi connectivity index (χ1n) is 6.63. The van der Waals surface area contributed by atoms with E-state index in [2.05, 4.69) is 42.4 Å². The fourth-order valence-electron chi connectivity index (χ4n) is 2.18. The Morgan fingerprint density at radius 1 is 1.47 bits per heavy atom. The van der Waals surface area contributed by atoms with Gasteiger partial charge in [-0.15, -0.1) is 11.3 Å². The molecule has 1 aromatic heterocycles. The van der Waals surface area contributed by atoms with Gasteiger partial charge in [0.1, 0.15) is 0 Å². The third-order valence-corrected chi connectivity index (χ3v) is 4.83. The first kappa shape index (κ1) is 13.1. The van der Waals surface area contributed by atoms with Crippen LogP contribution >= 0.6 is 11.3 Å². The first-order chi connectivity index (χ1) is 8.11. The van der Waals surface area contributed by atoms with Crippen LogP contribution in [0.25, 0.3) is 0 Å². The van der Waals surface area contributed by atoms with Crippen LogP contribution in [0.5, 0.6) is 0 Å². The molecule has 0 bridgehead atoms. The highest BCUT2D eigenvalue weighted by molar-refractivity contribution is 7.10. The van der Waals surface area contributed by atoms with Gasteiger partial charge in [0.15, 0.2) is 0 Å². The molecule has 1 aliphatic rings. The van der Waals surface area contributed by atoms with Gasteiger partial charge in [0.2, 0.25) is 0 Å². The summed E-state index contributed by atoms with van der Waals surface area (Å²) in [5.41, 5.74) is 1.83. The molecule has 0 aliphatic carbocycles. The summed E-state index contributed by atoms with van der Waals surface area (Å²) >= 11 is 1.92. The third kappa shape index (κ3) is 3.54. The van der Waals surface area contributed by atoms with Gasteiger partial charge in [-0.25, -0.2) is 0 Å². The molecule has 3 heteroatoms. The molecule has 0 unspecified atom stereocenters. The van der Waals surface area contributed by atoms with E-state index in [1.54, 1.807) is 10.4 Å². The molecule has 1 aliphatic heterocycles. The molecule has 2 heterocycles. The van der Waals surface area contributed by atoms with E-state index in [9.17, 15) is 0 Å². The Hall–Kier alpha value is -0.380. The first-order valence-corrected chi connectivity index (χ1v) is 7.51. The lowest BCUT2D eigenvalue weighted by Crippen LogP contribution is -2.43. The molecule has 0 spiro atoms. The van der Waals surface area contributed by atoms with Crippen LogP contribution in [0.4, 0.5) is 0 Å². The zero-order chi connectivity index (χ0) is 12.3. The van der Waals surface area contributed by atoms with Crippen molar-refractivity contribution in [2.45, 2.75) is 45.7 Å². The molecular weight excluding hydrogens is 228 g/mol. The molecule has 0 saturated heterocycles. The second-order valence-electron chi connectivity index (χ2n) is 5.56. The topological polar surface area (TPSA) is 15.3 Å². The molecule has 1 aromatic rings. The average Bonchev–Trinajstić information content (AvgIpc) is 2.76. The summed E-state index contributed by atoms with van der Waals surface area (Å²) in [6.45, 7) is 11.4. The quantitative estimate of drug-likeness (QED) is 0.867. The lowest BCUT2D eigenvalue weighted by molar-refractivity contribution is 0.241. The van der Waals surface area contributed by atoms with Crippen molar-refractivity contribution in [2.75, 3.05) is 19.6 Å². The smallest absolute Gasteiger partial charge is 0.0245 e. The van der Waals surface area contributed by atoms with Crippen molar-refractivity contribution in [3.63, 3.8) is 0 Å². The predicted molar refractivity (Wildman–Crippen MR) is 75.7 cm³/mol. The van der Waals surface area contributed by atoms with Gasteiger partial charge in [-0.1, -0.05) is 6.92 Å². The van der Waals surface area contributed by atoms with Gasteiger partial charge in [0.25, 0.3) is 0 Å². The van der Waals surface area contributed by atoms with Crippen LogP contribution in [0.2, 0.25) is 0 Å². The van der Waals surface area contributed by atoms with Crippen molar-refractivity contribution in [1.29, 1.82) is 0 Å². The van der Waals surface area contributed by atoms with Crippen molar-refractivity contribution < 1.29 is 0 Å². The van der Waals surface area contributed by atoms with Crippen LogP contribution in [0.15, 0.2) is 11.4 Å². The van der Waals surface area contributed by atoms with Gasteiger partial charge in [-0.3, -0.25) is 4.90 Å². The summed E-state index contributed by atoms with van der Waals surface area (Å²) in [6.07, 6.45) is 2.42. The second-order valence-corrected chi connectivity index (χ2v) is 6.56. The second kappa shape index (κ2) is 5.51. The largest absolute Gasteiger partial charge is 0.311 e. The minimum Gasteiger partial charge on any atom is -0.311 e. The Morgan fingerprint density at radius 3 is 3.06 bits per heavy atom. The van der Waals surface area contributed by atoms with E-state index >= 15 is 0 Å². The molecule has 0 aromatic carbocycles. The Kier molecular flexibility index (Phi) is 4.23. The number of rotatable bonds is 5. The highest BCUT2D eigenvalue weighted by atomic mass is 32.1. The van der Waals surface area contributed by atoms with Gasteiger partial charge < -0.3 is 5.32 Å². The molecular formula is C14H24N2S. The minimum absolute atomic E-state index is 0.281. The number of fused-ring (bicyclic) bond motifs is 1. The van der Waals surface area contributed by atoms with Crippen LogP contribution in [0.3, 0.4) is 0 Å². The number of thiophene rings is 1. The van der Waals surface area contributed by atoms with E-state index in [0.717, 1.165) is 13.1 Å². The molecule has 17 heavy (non-hydrogen) atoms. The van der Waals surface area contributed by atoms with Gasteiger partial charge >= 0.3 is 0 Å². The van der Waals surface area contributed by atoms with E-state index in [1.165, 1.54) is 25.9 Å². The van der Waals surface area contributed by atoms with E-state index in [1.807, 2.05) is 11.3 Å². The molecule has 96 valence electrons. The number of hydrogen-bond acceptors (Lipinski definition) is 3. The van der Waals surface area contributed by atoms with Crippen LogP contribution in [0, 0.1) is 0 Å². The number of hydrogen-bond donors (Lipinski definition) is 1. The Morgan fingerprint density at radius 2 is 2.29 bits per heavy atom. The minimum atomic E-state index is 0.281. The zero-order valence-electron chi connectivity index (χ0n) is 11.3. The summed E-state index contributed by atoms with van der Waals surface area (Å²) < 4.78 is 0. The van der Waals surface area contributed by atoms with Crippen molar-refractivity contribution in [3.05, 3.63) is 21.9 Å². The molecule has 0 radical (unpaired) electrons. The Balaban J connectivity index is 1.75. The molecule has 2 nitrogen and oxygen atoms in total. The SMILES string of the molecule is CCC(C)(C)NCCN1CCc2sccc2C1. The fraction of sp³-hybridized carbons (Fsp3) is 0.714. The Labute approximate surface area is 109 Å². The van der Waals surface area contributed by atoms with E-state index in [4.69, 9.17) is 0 Å². The van der Waals surface area contributed by atoms with Crippen molar-refractivity contribution in [2.24, 2.45) is 0 Å². The summed E-state index contributed by atoms with van der Waals surface area (Å²) in [7, 11) is 0. The maximum absolute atomic E-state index is 3.63.